The number of rotatable bonds is 7. The maximum atomic E-state index is 12.2. The van der Waals surface area contributed by atoms with Crippen molar-refractivity contribution in [2.24, 2.45) is 5.92 Å². The Bertz CT molecular complexity index is 568. The van der Waals surface area contributed by atoms with E-state index in [1.807, 2.05) is 32.5 Å². The monoisotopic (exact) mass is 366 g/mol. The van der Waals surface area contributed by atoms with E-state index in [0.29, 0.717) is 12.5 Å². The maximum absolute atomic E-state index is 12.2. The van der Waals surface area contributed by atoms with Crippen molar-refractivity contribution in [1.29, 1.82) is 0 Å². The Morgan fingerprint density at radius 3 is 2.85 bits per heavy atom. The van der Waals surface area contributed by atoms with Gasteiger partial charge in [0.05, 0.1) is 6.54 Å². The van der Waals surface area contributed by atoms with Crippen molar-refractivity contribution in [2.75, 3.05) is 26.7 Å². The fourth-order valence-electron chi connectivity index (χ4n) is 3.26. The summed E-state index contributed by atoms with van der Waals surface area (Å²) in [7, 11) is 1.82. The van der Waals surface area contributed by atoms with Crippen molar-refractivity contribution in [3.05, 3.63) is 5.82 Å². The number of amides is 1. The molecule has 2 rings (SSSR count). The van der Waals surface area contributed by atoms with Gasteiger partial charge in [0, 0.05) is 26.7 Å². The fourth-order valence-corrected chi connectivity index (χ4v) is 3.26. The van der Waals surface area contributed by atoms with Gasteiger partial charge in [-0.05, 0) is 62.9 Å². The third kappa shape index (κ3) is 6.55. The molecular weight excluding hydrogens is 332 g/mol. The second kappa shape index (κ2) is 9.30. The number of piperidine rings is 1. The minimum atomic E-state index is -0.459. The molecule has 0 saturated carbocycles. The van der Waals surface area contributed by atoms with E-state index in [4.69, 9.17) is 4.74 Å². The van der Waals surface area contributed by atoms with Crippen LogP contribution >= 0.6 is 0 Å². The van der Waals surface area contributed by atoms with Crippen LogP contribution in [0.25, 0.3) is 0 Å². The van der Waals surface area contributed by atoms with E-state index in [1.165, 1.54) is 0 Å². The van der Waals surface area contributed by atoms with Crippen LogP contribution in [0.4, 0.5) is 4.79 Å². The van der Waals surface area contributed by atoms with E-state index in [-0.39, 0.29) is 6.09 Å². The Morgan fingerprint density at radius 1 is 1.38 bits per heavy atom. The van der Waals surface area contributed by atoms with Gasteiger partial charge in [-0.3, -0.25) is 4.90 Å². The molecule has 0 bridgehead atoms. The quantitative estimate of drug-likeness (QED) is 0.738. The number of nitrogens with zero attached hydrogens (tertiary/aromatic N) is 6. The second-order valence-corrected chi connectivity index (χ2v) is 8.28. The SMILES string of the molecule is CCCCn1nnnc1CN1CCCC(CN(C)C(=O)OC(C)(C)C)C1. The molecule has 0 radical (unpaired) electrons. The first-order valence-electron chi connectivity index (χ1n) is 9.70. The van der Waals surface area contributed by atoms with Gasteiger partial charge in [0.25, 0.3) is 0 Å². The van der Waals surface area contributed by atoms with Crippen LogP contribution in [0.5, 0.6) is 0 Å². The van der Waals surface area contributed by atoms with E-state index in [9.17, 15) is 4.79 Å². The highest BCUT2D eigenvalue weighted by molar-refractivity contribution is 5.67. The van der Waals surface area contributed by atoms with E-state index >= 15 is 0 Å². The van der Waals surface area contributed by atoms with Gasteiger partial charge in [0.15, 0.2) is 5.82 Å². The van der Waals surface area contributed by atoms with Crippen LogP contribution in [-0.4, -0.2) is 68.4 Å². The number of tetrazole rings is 1. The van der Waals surface area contributed by atoms with Crippen LogP contribution in [0, 0.1) is 5.92 Å². The zero-order valence-electron chi connectivity index (χ0n) is 16.9. The van der Waals surface area contributed by atoms with E-state index in [2.05, 4.69) is 27.3 Å². The van der Waals surface area contributed by atoms with Gasteiger partial charge in [-0.15, -0.1) is 5.10 Å². The molecule has 148 valence electrons. The first-order valence-corrected chi connectivity index (χ1v) is 9.70. The first-order chi connectivity index (χ1) is 12.3. The lowest BCUT2D eigenvalue weighted by Gasteiger charge is -2.34. The molecule has 1 aromatic rings. The normalized spacial score (nSPS) is 18.7. The zero-order chi connectivity index (χ0) is 19.2. The smallest absolute Gasteiger partial charge is 0.410 e. The summed E-state index contributed by atoms with van der Waals surface area (Å²) < 4.78 is 7.37. The summed E-state index contributed by atoms with van der Waals surface area (Å²) >= 11 is 0. The molecule has 0 aromatic carbocycles. The largest absolute Gasteiger partial charge is 0.444 e. The average Bonchev–Trinajstić information content (AvgIpc) is 2.98. The van der Waals surface area contributed by atoms with Gasteiger partial charge in [0.1, 0.15) is 5.60 Å². The highest BCUT2D eigenvalue weighted by Crippen LogP contribution is 2.20. The van der Waals surface area contributed by atoms with Crippen LogP contribution in [0.2, 0.25) is 0 Å². The van der Waals surface area contributed by atoms with Gasteiger partial charge in [-0.1, -0.05) is 13.3 Å². The Hall–Kier alpha value is -1.70. The zero-order valence-corrected chi connectivity index (χ0v) is 16.9. The van der Waals surface area contributed by atoms with Crippen molar-refractivity contribution < 1.29 is 9.53 Å². The van der Waals surface area contributed by atoms with Gasteiger partial charge in [0.2, 0.25) is 0 Å². The number of likely N-dealkylation sites (tertiary alicyclic amines) is 1. The van der Waals surface area contributed by atoms with E-state index < -0.39 is 5.60 Å². The molecular formula is C18H34N6O2. The first kappa shape index (κ1) is 20.6. The molecule has 1 unspecified atom stereocenters. The molecule has 1 saturated heterocycles. The molecule has 8 heteroatoms. The van der Waals surface area contributed by atoms with Crippen molar-refractivity contribution in [2.45, 2.75) is 72.1 Å². The Kier molecular flexibility index (Phi) is 7.37. The molecule has 0 spiro atoms. The Morgan fingerprint density at radius 2 is 2.15 bits per heavy atom. The predicted octanol–water partition coefficient (Wildman–Crippen LogP) is 2.55. The van der Waals surface area contributed by atoms with Crippen molar-refractivity contribution >= 4 is 6.09 Å². The number of ether oxygens (including phenoxy) is 1. The third-order valence-corrected chi connectivity index (χ3v) is 4.53. The summed E-state index contributed by atoms with van der Waals surface area (Å²) in [6.45, 7) is 12.2. The minimum Gasteiger partial charge on any atom is -0.444 e. The third-order valence-electron chi connectivity index (χ3n) is 4.53. The topological polar surface area (TPSA) is 76.4 Å². The predicted molar refractivity (Wildman–Crippen MR) is 99.6 cm³/mol. The molecule has 0 N–H and O–H groups in total. The van der Waals surface area contributed by atoms with Gasteiger partial charge >= 0.3 is 6.09 Å². The molecule has 1 aliphatic rings. The lowest BCUT2D eigenvalue weighted by molar-refractivity contribution is 0.0240. The standard InChI is InChI=1S/C18H34N6O2/c1-6-7-11-24-16(19-20-21-24)14-23-10-8-9-15(13-23)12-22(5)17(25)26-18(2,3)4/h15H,6-14H2,1-5H3. The molecule has 1 fully saturated rings. The van der Waals surface area contributed by atoms with Crippen molar-refractivity contribution in [3.63, 3.8) is 0 Å². The molecule has 1 amide bonds. The molecule has 1 aromatic heterocycles. The molecule has 26 heavy (non-hydrogen) atoms. The summed E-state index contributed by atoms with van der Waals surface area (Å²) in [5, 5.41) is 12.1. The minimum absolute atomic E-state index is 0.252. The summed E-state index contributed by atoms with van der Waals surface area (Å²) in [5.74, 6) is 1.38. The Balaban J connectivity index is 1.85. The van der Waals surface area contributed by atoms with Crippen molar-refractivity contribution in [3.8, 4) is 0 Å². The number of aryl methyl sites for hydroxylation is 1. The molecule has 8 nitrogen and oxygen atoms in total. The molecule has 1 atom stereocenters. The molecule has 1 aliphatic heterocycles. The van der Waals surface area contributed by atoms with Gasteiger partial charge in [-0.2, -0.15) is 0 Å². The van der Waals surface area contributed by atoms with E-state index in [1.54, 1.807) is 4.90 Å². The fraction of sp³-hybridized carbons (Fsp3) is 0.889. The molecule has 0 aliphatic carbocycles. The van der Waals surface area contributed by atoms with Crippen LogP contribution in [0.1, 0.15) is 59.2 Å². The highest BCUT2D eigenvalue weighted by atomic mass is 16.6. The lowest BCUT2D eigenvalue weighted by atomic mass is 9.97. The van der Waals surface area contributed by atoms with Crippen LogP contribution in [0.15, 0.2) is 0 Å². The number of unbranched alkanes of at least 4 members (excludes halogenated alkanes) is 1. The van der Waals surface area contributed by atoms with Gasteiger partial charge < -0.3 is 9.64 Å². The number of hydrogen-bond donors (Lipinski definition) is 0. The van der Waals surface area contributed by atoms with Crippen LogP contribution in [-0.2, 0) is 17.8 Å². The number of hydrogen-bond acceptors (Lipinski definition) is 6. The number of aromatic nitrogens is 4. The summed E-state index contributed by atoms with van der Waals surface area (Å²) in [6, 6.07) is 0. The number of carbonyl (C=O) groups excluding carboxylic acids is 1. The van der Waals surface area contributed by atoms with E-state index in [0.717, 1.165) is 57.7 Å². The second-order valence-electron chi connectivity index (χ2n) is 8.28. The maximum Gasteiger partial charge on any atom is 0.410 e. The number of carbonyl (C=O) groups is 1. The van der Waals surface area contributed by atoms with Crippen molar-refractivity contribution in [1.82, 2.24) is 30.0 Å². The summed E-state index contributed by atoms with van der Waals surface area (Å²) in [5.41, 5.74) is -0.459. The van der Waals surface area contributed by atoms with Gasteiger partial charge in [-0.25, -0.2) is 9.48 Å². The lowest BCUT2D eigenvalue weighted by Crippen LogP contribution is -2.43. The summed E-state index contributed by atoms with van der Waals surface area (Å²) in [6.07, 6.45) is 4.22. The summed E-state index contributed by atoms with van der Waals surface area (Å²) in [4.78, 5) is 16.3. The van der Waals surface area contributed by atoms with Crippen LogP contribution < -0.4 is 0 Å². The average molecular weight is 367 g/mol. The van der Waals surface area contributed by atoms with Crippen LogP contribution in [0.3, 0.4) is 0 Å². The highest BCUT2D eigenvalue weighted by Gasteiger charge is 2.26. The Labute approximate surface area is 156 Å². The molecule has 2 heterocycles.